The van der Waals surface area contributed by atoms with E-state index in [0.29, 0.717) is 5.92 Å². The van der Waals surface area contributed by atoms with Gasteiger partial charge in [-0.25, -0.2) is 0 Å². The number of nitrogens with one attached hydrogen (secondary N) is 1. The summed E-state index contributed by atoms with van der Waals surface area (Å²) in [5.41, 5.74) is 6.05. The molecule has 15 heavy (non-hydrogen) atoms. The highest BCUT2D eigenvalue weighted by Crippen LogP contribution is 2.38. The molecule has 3 aliphatic rings. The van der Waals surface area contributed by atoms with Crippen LogP contribution in [0.4, 0.5) is 0 Å². The lowest BCUT2D eigenvalue weighted by Crippen LogP contribution is -2.72. The van der Waals surface area contributed by atoms with E-state index in [1.165, 1.54) is 0 Å². The predicted molar refractivity (Wildman–Crippen MR) is 55.1 cm³/mol. The summed E-state index contributed by atoms with van der Waals surface area (Å²) in [5.74, 6) is 0.922. The second-order valence-electron chi connectivity index (χ2n) is 5.03. The molecule has 0 bridgehead atoms. The van der Waals surface area contributed by atoms with Crippen LogP contribution in [0.15, 0.2) is 0 Å². The smallest absolute Gasteiger partial charge is 0.223 e. The maximum atomic E-state index is 11.6. The lowest BCUT2D eigenvalue weighted by atomic mass is 9.68. The van der Waals surface area contributed by atoms with Gasteiger partial charge in [0.1, 0.15) is 0 Å². The summed E-state index contributed by atoms with van der Waals surface area (Å²) < 4.78 is 5.67. The second kappa shape index (κ2) is 3.46. The van der Waals surface area contributed by atoms with Gasteiger partial charge in [0.2, 0.25) is 5.91 Å². The summed E-state index contributed by atoms with van der Waals surface area (Å²) >= 11 is 0. The summed E-state index contributed by atoms with van der Waals surface area (Å²) in [6.45, 7) is 0.823. The quantitative estimate of drug-likeness (QED) is 0.675. The van der Waals surface area contributed by atoms with Gasteiger partial charge in [0, 0.05) is 24.5 Å². The minimum atomic E-state index is 0.0726. The van der Waals surface area contributed by atoms with E-state index in [2.05, 4.69) is 5.32 Å². The Balaban J connectivity index is 1.59. The average Bonchev–Trinajstić information content (AvgIpc) is 3.08. The van der Waals surface area contributed by atoms with Crippen LogP contribution in [0, 0.1) is 11.8 Å². The van der Waals surface area contributed by atoms with Crippen LogP contribution in [0.2, 0.25) is 0 Å². The van der Waals surface area contributed by atoms with Crippen molar-refractivity contribution in [2.24, 2.45) is 17.6 Å². The molecular weight excluding hydrogens is 192 g/mol. The van der Waals surface area contributed by atoms with E-state index in [9.17, 15) is 4.79 Å². The predicted octanol–water partition coefficient (Wildman–Crippen LogP) is 0.0173. The van der Waals surface area contributed by atoms with Crippen molar-refractivity contribution in [3.63, 3.8) is 0 Å². The molecule has 4 nitrogen and oxygen atoms in total. The molecule has 0 spiro atoms. The van der Waals surface area contributed by atoms with Crippen molar-refractivity contribution in [3.05, 3.63) is 0 Å². The van der Waals surface area contributed by atoms with Crippen molar-refractivity contribution in [1.29, 1.82) is 0 Å². The van der Waals surface area contributed by atoms with Gasteiger partial charge in [-0.15, -0.1) is 0 Å². The van der Waals surface area contributed by atoms with Crippen LogP contribution in [-0.4, -0.2) is 30.7 Å². The minimum absolute atomic E-state index is 0.0726. The van der Waals surface area contributed by atoms with Crippen molar-refractivity contribution < 1.29 is 9.53 Å². The SMILES string of the molecule is NC1C2CCCOC2C1NC(=O)C1CC1. The molecule has 1 heterocycles. The number of carbonyl (C=O) groups excluding carboxylic acids is 1. The topological polar surface area (TPSA) is 64.3 Å². The Morgan fingerprint density at radius 2 is 2.13 bits per heavy atom. The molecule has 1 amide bonds. The highest BCUT2D eigenvalue weighted by Gasteiger charge is 2.51. The number of fused-ring (bicyclic) bond motifs is 1. The van der Waals surface area contributed by atoms with Crippen molar-refractivity contribution in [2.75, 3.05) is 6.61 Å². The normalized spacial score (nSPS) is 44.1. The fraction of sp³-hybridized carbons (Fsp3) is 0.909. The Morgan fingerprint density at radius 3 is 2.87 bits per heavy atom. The van der Waals surface area contributed by atoms with Crippen LogP contribution in [0.3, 0.4) is 0 Å². The van der Waals surface area contributed by atoms with Crippen LogP contribution in [0.5, 0.6) is 0 Å². The van der Waals surface area contributed by atoms with Gasteiger partial charge in [0.15, 0.2) is 0 Å². The summed E-state index contributed by atoms with van der Waals surface area (Å²) in [5, 5.41) is 3.04. The summed E-state index contributed by atoms with van der Waals surface area (Å²) in [4.78, 5) is 11.6. The highest BCUT2D eigenvalue weighted by atomic mass is 16.5. The number of carbonyl (C=O) groups is 1. The number of amides is 1. The molecule has 3 fully saturated rings. The van der Waals surface area contributed by atoms with Crippen LogP contribution >= 0.6 is 0 Å². The monoisotopic (exact) mass is 210 g/mol. The first-order valence-corrected chi connectivity index (χ1v) is 5.95. The van der Waals surface area contributed by atoms with Gasteiger partial charge in [-0.05, 0) is 25.7 Å². The molecule has 4 atom stereocenters. The molecule has 0 aromatic heterocycles. The maximum Gasteiger partial charge on any atom is 0.223 e. The summed E-state index contributed by atoms with van der Waals surface area (Å²) in [7, 11) is 0. The molecule has 4 heteroatoms. The molecule has 3 rings (SSSR count). The molecule has 0 aromatic rings. The molecular formula is C11H18N2O2. The Bertz CT molecular complexity index is 278. The standard InChI is InChI=1S/C11H18N2O2/c12-8-7-2-1-5-15-10(7)9(8)13-11(14)6-3-4-6/h6-10H,1-5,12H2,(H,13,14). The van der Waals surface area contributed by atoms with Gasteiger partial charge in [-0.2, -0.15) is 0 Å². The first-order valence-electron chi connectivity index (χ1n) is 5.95. The molecule has 0 radical (unpaired) electrons. The van der Waals surface area contributed by atoms with Gasteiger partial charge in [0.05, 0.1) is 12.1 Å². The Hall–Kier alpha value is -0.610. The Kier molecular flexibility index (Phi) is 2.21. The third-order valence-electron chi connectivity index (χ3n) is 3.93. The van der Waals surface area contributed by atoms with Crippen molar-refractivity contribution in [3.8, 4) is 0 Å². The third kappa shape index (κ3) is 1.56. The van der Waals surface area contributed by atoms with E-state index in [1.807, 2.05) is 0 Å². The second-order valence-corrected chi connectivity index (χ2v) is 5.03. The molecule has 2 aliphatic carbocycles. The van der Waals surface area contributed by atoms with E-state index in [1.54, 1.807) is 0 Å². The molecule has 2 saturated carbocycles. The van der Waals surface area contributed by atoms with Crippen molar-refractivity contribution in [2.45, 2.75) is 43.9 Å². The van der Waals surface area contributed by atoms with E-state index in [0.717, 1.165) is 32.3 Å². The third-order valence-corrected chi connectivity index (χ3v) is 3.93. The number of hydrogen-bond donors (Lipinski definition) is 2. The maximum absolute atomic E-state index is 11.6. The van der Waals surface area contributed by atoms with E-state index >= 15 is 0 Å². The molecule has 0 aromatic carbocycles. The van der Waals surface area contributed by atoms with Gasteiger partial charge < -0.3 is 15.8 Å². The van der Waals surface area contributed by atoms with E-state index < -0.39 is 0 Å². The largest absolute Gasteiger partial charge is 0.376 e. The molecule has 1 saturated heterocycles. The number of hydrogen-bond acceptors (Lipinski definition) is 3. The van der Waals surface area contributed by atoms with Crippen molar-refractivity contribution in [1.82, 2.24) is 5.32 Å². The van der Waals surface area contributed by atoms with E-state index in [4.69, 9.17) is 10.5 Å². The van der Waals surface area contributed by atoms with Crippen LogP contribution in [0.1, 0.15) is 25.7 Å². The zero-order chi connectivity index (χ0) is 10.4. The van der Waals surface area contributed by atoms with E-state index in [-0.39, 0.29) is 30.0 Å². The average molecular weight is 210 g/mol. The highest BCUT2D eigenvalue weighted by molar-refractivity contribution is 5.81. The van der Waals surface area contributed by atoms with Gasteiger partial charge in [-0.1, -0.05) is 0 Å². The minimum Gasteiger partial charge on any atom is -0.376 e. The number of nitrogens with two attached hydrogens (primary N) is 1. The molecule has 3 N–H and O–H groups in total. The van der Waals surface area contributed by atoms with Crippen LogP contribution < -0.4 is 11.1 Å². The van der Waals surface area contributed by atoms with Gasteiger partial charge >= 0.3 is 0 Å². The van der Waals surface area contributed by atoms with Crippen LogP contribution in [-0.2, 0) is 9.53 Å². The zero-order valence-corrected chi connectivity index (χ0v) is 8.82. The molecule has 1 aliphatic heterocycles. The fourth-order valence-electron chi connectivity index (χ4n) is 2.75. The number of ether oxygens (including phenoxy) is 1. The first-order chi connectivity index (χ1) is 7.27. The molecule has 84 valence electrons. The zero-order valence-electron chi connectivity index (χ0n) is 8.82. The van der Waals surface area contributed by atoms with Crippen LogP contribution in [0.25, 0.3) is 0 Å². The lowest BCUT2D eigenvalue weighted by Gasteiger charge is -2.52. The summed E-state index contributed by atoms with van der Waals surface area (Å²) in [6.07, 6.45) is 4.54. The Labute approximate surface area is 89.5 Å². The summed E-state index contributed by atoms with van der Waals surface area (Å²) in [6, 6.07) is 0.182. The van der Waals surface area contributed by atoms with Crippen molar-refractivity contribution >= 4 is 5.91 Å². The Morgan fingerprint density at radius 1 is 1.33 bits per heavy atom. The fourth-order valence-corrected chi connectivity index (χ4v) is 2.75. The number of rotatable bonds is 2. The van der Waals surface area contributed by atoms with Gasteiger partial charge in [-0.3, -0.25) is 4.79 Å². The first kappa shape index (κ1) is 9.60. The molecule has 4 unspecified atom stereocenters. The lowest BCUT2D eigenvalue weighted by molar-refractivity contribution is -0.140. The van der Waals surface area contributed by atoms with Gasteiger partial charge in [0.25, 0.3) is 0 Å².